The molecule has 0 heterocycles. The second-order valence-electron chi connectivity index (χ2n) is 12.4. The summed E-state index contributed by atoms with van der Waals surface area (Å²) < 4.78 is 65.4. The van der Waals surface area contributed by atoms with E-state index < -0.39 is 23.3 Å². The third-order valence-electron chi connectivity index (χ3n) is 9.17. The van der Waals surface area contributed by atoms with E-state index in [1.165, 1.54) is 76.2 Å². The Hall–Kier alpha value is -3.08. The molecule has 0 radical (unpaired) electrons. The van der Waals surface area contributed by atoms with Crippen LogP contribution in [0.25, 0.3) is 22.3 Å². The van der Waals surface area contributed by atoms with E-state index >= 15 is 8.78 Å². The number of hydrogen-bond acceptors (Lipinski definition) is 1. The van der Waals surface area contributed by atoms with Crippen molar-refractivity contribution in [3.63, 3.8) is 0 Å². The molecule has 4 rings (SSSR count). The van der Waals surface area contributed by atoms with Crippen LogP contribution in [-0.2, 0) is 0 Å². The zero-order valence-electron chi connectivity index (χ0n) is 26.5. The van der Waals surface area contributed by atoms with E-state index in [4.69, 9.17) is 4.74 Å². The first-order valence-corrected chi connectivity index (χ1v) is 16.8. The van der Waals surface area contributed by atoms with E-state index in [1.807, 2.05) is 6.92 Å². The number of ether oxygens (including phenoxy) is 1. The largest absolute Gasteiger partial charge is 0.462 e. The van der Waals surface area contributed by atoms with Gasteiger partial charge >= 0.3 is 0 Å². The van der Waals surface area contributed by atoms with Gasteiger partial charge in [-0.05, 0) is 78.8 Å². The highest BCUT2D eigenvalue weighted by Gasteiger charge is 2.26. The van der Waals surface area contributed by atoms with E-state index in [0.717, 1.165) is 38.5 Å². The second kappa shape index (κ2) is 17.4. The van der Waals surface area contributed by atoms with Crippen molar-refractivity contribution in [2.24, 2.45) is 5.92 Å². The summed E-state index contributed by atoms with van der Waals surface area (Å²) in [6, 6.07) is 12.6. The van der Waals surface area contributed by atoms with E-state index in [2.05, 4.69) is 6.92 Å². The maximum Gasteiger partial charge on any atom is 0.201 e. The summed E-state index contributed by atoms with van der Waals surface area (Å²) in [4.78, 5) is 0. The normalized spacial score (nSPS) is 17.0. The first-order chi connectivity index (χ1) is 21.4. The molecule has 1 aliphatic rings. The van der Waals surface area contributed by atoms with Crippen molar-refractivity contribution in [3.8, 4) is 28.0 Å². The predicted octanol–water partition coefficient (Wildman–Crippen LogP) is 13.1. The van der Waals surface area contributed by atoms with Crippen molar-refractivity contribution in [2.45, 2.75) is 116 Å². The zero-order valence-corrected chi connectivity index (χ0v) is 26.5. The van der Waals surface area contributed by atoms with Crippen LogP contribution in [0.3, 0.4) is 0 Å². The lowest BCUT2D eigenvalue weighted by atomic mass is 9.76. The van der Waals surface area contributed by atoms with E-state index in [1.54, 1.807) is 42.5 Å². The van der Waals surface area contributed by atoms with Crippen LogP contribution in [0.1, 0.15) is 122 Å². The van der Waals surface area contributed by atoms with Crippen molar-refractivity contribution in [1.82, 2.24) is 0 Å². The van der Waals surface area contributed by atoms with Gasteiger partial charge in [-0.15, -0.1) is 0 Å². The van der Waals surface area contributed by atoms with Gasteiger partial charge < -0.3 is 4.74 Å². The fourth-order valence-corrected chi connectivity index (χ4v) is 6.46. The minimum atomic E-state index is -1.07. The van der Waals surface area contributed by atoms with E-state index in [0.29, 0.717) is 22.6 Å². The second-order valence-corrected chi connectivity index (χ2v) is 12.4. The summed E-state index contributed by atoms with van der Waals surface area (Å²) in [7, 11) is 0. The molecule has 0 atom stereocenters. The number of hydrogen-bond donors (Lipinski definition) is 0. The number of unbranched alkanes of at least 4 members (excludes halogenated alkanes) is 8. The van der Waals surface area contributed by atoms with Crippen LogP contribution >= 0.6 is 0 Å². The Morgan fingerprint density at radius 3 is 1.80 bits per heavy atom. The average Bonchev–Trinajstić information content (AvgIpc) is 3.04. The molecular formula is C39H48F4O. The van der Waals surface area contributed by atoms with E-state index in [-0.39, 0.29) is 22.8 Å². The number of benzene rings is 3. The molecule has 0 aliphatic heterocycles. The standard InChI is InChI=1S/C39H48F4O/c1-3-5-7-8-9-10-11-12-14-28-15-17-29(18-16-28)32-23-24-33(37(41)36(32)40)30-19-21-31(22-20-30)34-25-26-35(39(43)38(34)42)44-27-13-6-4-2/h13,19-29H,3-12,14-18H2,1-2H3. The molecular weight excluding hydrogens is 560 g/mol. The summed E-state index contributed by atoms with van der Waals surface area (Å²) in [5, 5.41) is 0. The van der Waals surface area contributed by atoms with Crippen LogP contribution in [0.2, 0.25) is 0 Å². The lowest BCUT2D eigenvalue weighted by Crippen LogP contribution is -2.15. The summed E-state index contributed by atoms with van der Waals surface area (Å²) >= 11 is 0. The molecule has 5 heteroatoms. The van der Waals surface area contributed by atoms with Crippen LogP contribution in [0.4, 0.5) is 17.6 Å². The molecule has 1 aliphatic carbocycles. The molecule has 0 spiro atoms. The van der Waals surface area contributed by atoms with Crippen LogP contribution < -0.4 is 4.74 Å². The quantitative estimate of drug-likeness (QED) is 0.0893. The molecule has 0 amide bonds. The Kier molecular flexibility index (Phi) is 13.4. The lowest BCUT2D eigenvalue weighted by Gasteiger charge is -2.29. The molecule has 0 unspecified atom stereocenters. The van der Waals surface area contributed by atoms with Gasteiger partial charge in [-0.1, -0.05) is 114 Å². The highest BCUT2D eigenvalue weighted by molar-refractivity contribution is 5.72. The molecule has 1 nitrogen and oxygen atoms in total. The molecule has 238 valence electrons. The molecule has 44 heavy (non-hydrogen) atoms. The van der Waals surface area contributed by atoms with Crippen LogP contribution in [0.15, 0.2) is 60.9 Å². The molecule has 0 N–H and O–H groups in total. The Morgan fingerprint density at radius 2 is 1.18 bits per heavy atom. The first kappa shape index (κ1) is 33.8. The summed E-state index contributed by atoms with van der Waals surface area (Å²) in [5.74, 6) is -3.16. The Balaban J connectivity index is 1.33. The highest BCUT2D eigenvalue weighted by Crippen LogP contribution is 2.40. The van der Waals surface area contributed by atoms with Gasteiger partial charge in [0, 0.05) is 11.1 Å². The molecule has 0 aromatic heterocycles. The summed E-state index contributed by atoms with van der Waals surface area (Å²) in [5.41, 5.74) is 1.61. The van der Waals surface area contributed by atoms with Gasteiger partial charge in [0.1, 0.15) is 0 Å². The lowest BCUT2D eigenvalue weighted by molar-refractivity contribution is 0.297. The minimum absolute atomic E-state index is 0.0442. The first-order valence-electron chi connectivity index (χ1n) is 16.8. The molecule has 1 fully saturated rings. The van der Waals surface area contributed by atoms with Crippen molar-refractivity contribution in [3.05, 3.63) is 89.7 Å². The van der Waals surface area contributed by atoms with Crippen LogP contribution in [-0.4, -0.2) is 0 Å². The van der Waals surface area contributed by atoms with Gasteiger partial charge in [0.2, 0.25) is 5.82 Å². The number of halogens is 4. The van der Waals surface area contributed by atoms with Crippen molar-refractivity contribution < 1.29 is 22.3 Å². The minimum Gasteiger partial charge on any atom is -0.462 e. The third kappa shape index (κ3) is 8.99. The van der Waals surface area contributed by atoms with E-state index in [9.17, 15) is 8.78 Å². The van der Waals surface area contributed by atoms with Crippen LogP contribution in [0, 0.1) is 29.2 Å². The predicted molar refractivity (Wildman–Crippen MR) is 174 cm³/mol. The Bertz CT molecular complexity index is 1340. The zero-order chi connectivity index (χ0) is 31.3. The third-order valence-corrected chi connectivity index (χ3v) is 9.17. The van der Waals surface area contributed by atoms with Gasteiger partial charge in [-0.2, -0.15) is 4.39 Å². The van der Waals surface area contributed by atoms with Crippen molar-refractivity contribution in [1.29, 1.82) is 0 Å². The number of rotatable bonds is 16. The Labute approximate surface area is 261 Å². The Morgan fingerprint density at radius 1 is 0.614 bits per heavy atom. The topological polar surface area (TPSA) is 9.23 Å². The van der Waals surface area contributed by atoms with Gasteiger partial charge in [-0.25, -0.2) is 13.2 Å². The van der Waals surface area contributed by atoms with Gasteiger partial charge in [0.25, 0.3) is 0 Å². The molecule has 0 saturated heterocycles. The molecule has 3 aromatic carbocycles. The SMILES string of the molecule is CCCC=COc1ccc(-c2ccc(-c3ccc(C4CCC(CCCCCCCCCC)CC4)c(F)c3F)cc2)c(F)c1F. The molecule has 1 saturated carbocycles. The van der Waals surface area contributed by atoms with Crippen molar-refractivity contribution in [2.75, 3.05) is 0 Å². The molecule has 0 bridgehead atoms. The van der Waals surface area contributed by atoms with Gasteiger partial charge in [-0.3, -0.25) is 0 Å². The van der Waals surface area contributed by atoms with Crippen molar-refractivity contribution >= 4 is 0 Å². The van der Waals surface area contributed by atoms with Gasteiger partial charge in [0.15, 0.2) is 23.2 Å². The summed E-state index contributed by atoms with van der Waals surface area (Å²) in [6.45, 7) is 4.26. The fraction of sp³-hybridized carbons (Fsp3) is 0.487. The smallest absolute Gasteiger partial charge is 0.201 e. The summed E-state index contributed by atoms with van der Waals surface area (Å²) in [6.07, 6.45) is 20.6. The maximum absolute atomic E-state index is 15.4. The van der Waals surface area contributed by atoms with Gasteiger partial charge in [0.05, 0.1) is 6.26 Å². The average molecular weight is 609 g/mol. The maximum atomic E-state index is 15.4. The number of allylic oxidation sites excluding steroid dienone is 1. The van der Waals surface area contributed by atoms with Crippen LogP contribution in [0.5, 0.6) is 5.75 Å². The fourth-order valence-electron chi connectivity index (χ4n) is 6.46. The monoisotopic (exact) mass is 608 g/mol. The molecule has 3 aromatic rings. The highest BCUT2D eigenvalue weighted by atomic mass is 19.2.